The molecule has 4 heterocycles. The smallest absolute Gasteiger partial charge is 0.160 e. The van der Waals surface area contributed by atoms with Crippen LogP contribution >= 0.6 is 22.7 Å². The van der Waals surface area contributed by atoms with Crippen molar-refractivity contribution in [3.63, 3.8) is 0 Å². The number of thiophene rings is 2. The van der Waals surface area contributed by atoms with Crippen molar-refractivity contribution < 1.29 is 0 Å². The van der Waals surface area contributed by atoms with Crippen LogP contribution in [0.1, 0.15) is 0 Å². The van der Waals surface area contributed by atoms with Gasteiger partial charge in [0.2, 0.25) is 0 Å². The van der Waals surface area contributed by atoms with E-state index in [0.29, 0.717) is 5.82 Å². The van der Waals surface area contributed by atoms with Gasteiger partial charge in [0.25, 0.3) is 0 Å². The summed E-state index contributed by atoms with van der Waals surface area (Å²) < 4.78 is 5.18. The summed E-state index contributed by atoms with van der Waals surface area (Å²) in [7, 11) is 0. The molecular weight excluding hydrogens is 719 g/mol. The van der Waals surface area contributed by atoms with E-state index in [-0.39, 0.29) is 0 Å². The first-order chi connectivity index (χ1) is 27.7. The molecule has 4 aromatic heterocycles. The molecule has 0 saturated carbocycles. The largest absolute Gasteiger partial charge is 0.256 e. The molecule has 0 N–H and O–H groups in total. The highest BCUT2D eigenvalue weighted by molar-refractivity contribution is 7.26. The highest BCUT2D eigenvalue weighted by Crippen LogP contribution is 2.41. The normalized spacial score (nSPS) is 11.6. The molecule has 0 amide bonds. The first-order valence-corrected chi connectivity index (χ1v) is 20.3. The molecule has 0 saturated heterocycles. The van der Waals surface area contributed by atoms with Crippen molar-refractivity contribution in [3.05, 3.63) is 188 Å². The van der Waals surface area contributed by atoms with Crippen LogP contribution in [0.5, 0.6) is 0 Å². The zero-order valence-corrected chi connectivity index (χ0v) is 31.7. The summed E-state index contributed by atoms with van der Waals surface area (Å²) in [6, 6.07) is 65.0. The number of benzene rings is 7. The highest BCUT2D eigenvalue weighted by Gasteiger charge is 2.16. The van der Waals surface area contributed by atoms with Crippen LogP contribution in [-0.2, 0) is 0 Å². The van der Waals surface area contributed by atoms with Crippen LogP contribution in [0.25, 0.3) is 108 Å². The number of hydrogen-bond donors (Lipinski definition) is 0. The van der Waals surface area contributed by atoms with E-state index in [0.717, 1.165) is 61.6 Å². The SMILES string of the molecule is c1ccc(-c2cc(-c3cccc(-c4ccccn4)c3)nc(-c3cc(-c4ccc5sc6ccccc6c5c4)cc(-c4ccc5sc6ccccc6c5c4)c3)n2)cc1. The number of fused-ring (bicyclic) bond motifs is 6. The second kappa shape index (κ2) is 13.5. The zero-order chi connectivity index (χ0) is 37.0. The molecule has 11 aromatic rings. The first kappa shape index (κ1) is 32.6. The van der Waals surface area contributed by atoms with Gasteiger partial charge in [-0.1, -0.05) is 103 Å². The van der Waals surface area contributed by atoms with Crippen LogP contribution in [0.2, 0.25) is 0 Å². The predicted octanol–water partition coefficient (Wildman–Crippen LogP) is 14.6. The number of hydrogen-bond acceptors (Lipinski definition) is 5. The molecular formula is C51H31N3S2. The van der Waals surface area contributed by atoms with Gasteiger partial charge in [0.05, 0.1) is 17.1 Å². The molecule has 0 unspecified atom stereocenters. The number of nitrogens with zero attached hydrogens (tertiary/aromatic N) is 3. The Morgan fingerprint density at radius 2 is 0.786 bits per heavy atom. The van der Waals surface area contributed by atoms with Crippen molar-refractivity contribution in [1.29, 1.82) is 0 Å². The Balaban J connectivity index is 1.13. The van der Waals surface area contributed by atoms with Crippen molar-refractivity contribution in [3.8, 4) is 67.4 Å². The molecule has 0 aliphatic heterocycles. The molecule has 0 atom stereocenters. The Morgan fingerprint density at radius 3 is 1.41 bits per heavy atom. The van der Waals surface area contributed by atoms with Crippen LogP contribution in [0.3, 0.4) is 0 Å². The van der Waals surface area contributed by atoms with Crippen LogP contribution in [0.15, 0.2) is 188 Å². The summed E-state index contributed by atoms with van der Waals surface area (Å²) in [6.07, 6.45) is 1.83. The Hall–Kier alpha value is -6.79. The van der Waals surface area contributed by atoms with Gasteiger partial charge < -0.3 is 0 Å². The van der Waals surface area contributed by atoms with Gasteiger partial charge in [-0.3, -0.25) is 4.98 Å². The lowest BCUT2D eigenvalue weighted by molar-refractivity contribution is 1.18. The summed E-state index contributed by atoms with van der Waals surface area (Å²) in [5.74, 6) is 0.678. The second-order valence-corrected chi connectivity index (χ2v) is 16.2. The Labute approximate surface area is 331 Å². The van der Waals surface area contributed by atoms with Crippen molar-refractivity contribution >= 4 is 63.0 Å². The van der Waals surface area contributed by atoms with Crippen molar-refractivity contribution in [2.24, 2.45) is 0 Å². The van der Waals surface area contributed by atoms with Crippen molar-refractivity contribution in [2.45, 2.75) is 0 Å². The molecule has 11 rings (SSSR count). The number of rotatable bonds is 6. The van der Waals surface area contributed by atoms with Crippen LogP contribution < -0.4 is 0 Å². The highest BCUT2D eigenvalue weighted by atomic mass is 32.1. The van der Waals surface area contributed by atoms with E-state index in [1.165, 1.54) is 40.3 Å². The summed E-state index contributed by atoms with van der Waals surface area (Å²) in [6.45, 7) is 0. The van der Waals surface area contributed by atoms with E-state index < -0.39 is 0 Å². The third-order valence-corrected chi connectivity index (χ3v) is 12.8. The molecule has 0 fully saturated rings. The van der Waals surface area contributed by atoms with Gasteiger partial charge in [-0.15, -0.1) is 22.7 Å². The van der Waals surface area contributed by atoms with Crippen LogP contribution in [-0.4, -0.2) is 15.0 Å². The minimum absolute atomic E-state index is 0.678. The van der Waals surface area contributed by atoms with Gasteiger partial charge in [0.1, 0.15) is 0 Å². The molecule has 7 aromatic carbocycles. The summed E-state index contributed by atoms with van der Waals surface area (Å²) in [4.78, 5) is 15.3. The Bertz CT molecular complexity index is 3120. The fourth-order valence-corrected chi connectivity index (χ4v) is 9.93. The fourth-order valence-electron chi connectivity index (χ4n) is 7.75. The minimum atomic E-state index is 0.678. The van der Waals surface area contributed by atoms with Gasteiger partial charge in [0, 0.05) is 68.8 Å². The Kier molecular flexibility index (Phi) is 7.87. The summed E-state index contributed by atoms with van der Waals surface area (Å²) in [5.41, 5.74) is 11.3. The van der Waals surface area contributed by atoms with Crippen LogP contribution in [0.4, 0.5) is 0 Å². The maximum atomic E-state index is 5.34. The average Bonchev–Trinajstić information content (AvgIpc) is 3.84. The van der Waals surface area contributed by atoms with Crippen LogP contribution in [0, 0.1) is 0 Å². The van der Waals surface area contributed by atoms with Gasteiger partial charge in [-0.05, 0) is 101 Å². The van der Waals surface area contributed by atoms with E-state index >= 15 is 0 Å². The quantitative estimate of drug-likeness (QED) is 0.170. The molecule has 5 heteroatoms. The minimum Gasteiger partial charge on any atom is -0.256 e. The van der Waals surface area contributed by atoms with E-state index in [2.05, 4.69) is 163 Å². The Morgan fingerprint density at radius 1 is 0.286 bits per heavy atom. The molecule has 262 valence electrons. The van der Waals surface area contributed by atoms with Crippen molar-refractivity contribution in [2.75, 3.05) is 0 Å². The average molecular weight is 750 g/mol. The second-order valence-electron chi connectivity index (χ2n) is 14.0. The van der Waals surface area contributed by atoms with E-state index in [9.17, 15) is 0 Å². The third-order valence-electron chi connectivity index (χ3n) is 10.5. The van der Waals surface area contributed by atoms with E-state index in [4.69, 9.17) is 9.97 Å². The number of aromatic nitrogens is 3. The van der Waals surface area contributed by atoms with Crippen molar-refractivity contribution in [1.82, 2.24) is 15.0 Å². The van der Waals surface area contributed by atoms with Gasteiger partial charge >= 0.3 is 0 Å². The molecule has 0 radical (unpaired) electrons. The lowest BCUT2D eigenvalue weighted by Crippen LogP contribution is -1.97. The first-order valence-electron chi connectivity index (χ1n) is 18.7. The lowest BCUT2D eigenvalue weighted by atomic mass is 9.94. The van der Waals surface area contributed by atoms with E-state index in [1.54, 1.807) is 0 Å². The zero-order valence-electron chi connectivity index (χ0n) is 30.1. The lowest BCUT2D eigenvalue weighted by Gasteiger charge is -2.14. The molecule has 0 spiro atoms. The standard InChI is InChI=1S/C51H31N3S2/c1-2-11-32(12-3-1)45-31-46(36-14-10-13-35(25-36)44-17-8-9-24-52-44)54-51(53-45)39-27-37(33-20-22-49-42(29-33)40-15-4-6-18-47(40)55-49)26-38(28-39)34-21-23-50-43(30-34)41-16-5-7-19-48(41)56-50/h1-31H. The molecule has 56 heavy (non-hydrogen) atoms. The molecule has 0 aliphatic rings. The number of pyridine rings is 1. The fraction of sp³-hybridized carbons (Fsp3) is 0. The molecule has 0 aliphatic carbocycles. The third kappa shape index (κ3) is 5.86. The summed E-state index contributed by atoms with van der Waals surface area (Å²) >= 11 is 3.69. The molecule has 0 bridgehead atoms. The van der Waals surface area contributed by atoms with E-state index in [1.807, 2.05) is 53.1 Å². The van der Waals surface area contributed by atoms with Gasteiger partial charge in [0.15, 0.2) is 5.82 Å². The predicted molar refractivity (Wildman–Crippen MR) is 238 cm³/mol. The molecule has 3 nitrogen and oxygen atoms in total. The van der Waals surface area contributed by atoms with Gasteiger partial charge in [-0.2, -0.15) is 0 Å². The van der Waals surface area contributed by atoms with Gasteiger partial charge in [-0.25, -0.2) is 9.97 Å². The summed E-state index contributed by atoms with van der Waals surface area (Å²) in [5, 5.41) is 5.13. The maximum Gasteiger partial charge on any atom is 0.160 e. The topological polar surface area (TPSA) is 38.7 Å². The monoisotopic (exact) mass is 749 g/mol. The maximum absolute atomic E-state index is 5.34.